The van der Waals surface area contributed by atoms with Crippen molar-refractivity contribution in [3.8, 4) is 0 Å². The van der Waals surface area contributed by atoms with Crippen LogP contribution in [0.1, 0.15) is 30.7 Å². The minimum Gasteiger partial charge on any atom is -0.386 e. The molecule has 18 heavy (non-hydrogen) atoms. The summed E-state index contributed by atoms with van der Waals surface area (Å²) in [5, 5.41) is 10.2. The maximum atomic E-state index is 12.8. The predicted octanol–water partition coefficient (Wildman–Crippen LogP) is 2.71. The zero-order valence-electron chi connectivity index (χ0n) is 10.4. The van der Waals surface area contributed by atoms with E-state index in [4.69, 9.17) is 0 Å². The summed E-state index contributed by atoms with van der Waals surface area (Å²) in [7, 11) is 0. The molecule has 0 aliphatic heterocycles. The van der Waals surface area contributed by atoms with E-state index >= 15 is 0 Å². The molecule has 1 N–H and O–H groups in total. The third kappa shape index (κ3) is 2.96. The first-order valence-corrected chi connectivity index (χ1v) is 6.13. The molecular weight excluding hydrogens is 231 g/mol. The number of halogens is 1. The van der Waals surface area contributed by atoms with E-state index < -0.39 is 6.10 Å². The first kappa shape index (κ1) is 12.8. The molecule has 0 spiro atoms. The van der Waals surface area contributed by atoms with Gasteiger partial charge in [-0.25, -0.2) is 9.37 Å². The van der Waals surface area contributed by atoms with Gasteiger partial charge in [0.15, 0.2) is 0 Å². The second-order valence-electron chi connectivity index (χ2n) is 4.36. The summed E-state index contributed by atoms with van der Waals surface area (Å²) in [6, 6.07) is 6.20. The van der Waals surface area contributed by atoms with E-state index in [0.717, 1.165) is 24.2 Å². The van der Waals surface area contributed by atoms with Gasteiger partial charge < -0.3 is 9.67 Å². The molecule has 0 saturated carbocycles. The second-order valence-corrected chi connectivity index (χ2v) is 4.36. The monoisotopic (exact) mass is 248 g/mol. The molecule has 0 fully saturated rings. The summed E-state index contributed by atoms with van der Waals surface area (Å²) in [6.45, 7) is 2.92. The molecule has 1 aromatic carbocycles. The molecule has 96 valence electrons. The molecule has 0 saturated heterocycles. The molecule has 0 aliphatic carbocycles. The molecule has 2 aromatic rings. The lowest BCUT2D eigenvalue weighted by Crippen LogP contribution is -2.09. The van der Waals surface area contributed by atoms with E-state index in [1.54, 1.807) is 24.7 Å². The lowest BCUT2D eigenvalue weighted by atomic mass is 10.1. The van der Waals surface area contributed by atoms with Crippen molar-refractivity contribution in [2.45, 2.75) is 32.4 Å². The molecule has 1 unspecified atom stereocenters. The van der Waals surface area contributed by atoms with Crippen molar-refractivity contribution in [3.63, 3.8) is 0 Å². The highest BCUT2D eigenvalue weighted by Crippen LogP contribution is 2.18. The molecule has 0 amide bonds. The van der Waals surface area contributed by atoms with Gasteiger partial charge in [0.25, 0.3) is 0 Å². The Balaban J connectivity index is 2.09. The number of nitrogens with zero attached hydrogens (tertiary/aromatic N) is 2. The highest BCUT2D eigenvalue weighted by molar-refractivity contribution is 5.18. The molecule has 2 rings (SSSR count). The predicted molar refractivity (Wildman–Crippen MR) is 67.6 cm³/mol. The normalized spacial score (nSPS) is 12.6. The molecule has 0 bridgehead atoms. The van der Waals surface area contributed by atoms with Gasteiger partial charge in [-0.05, 0) is 24.1 Å². The molecular formula is C14H17FN2O. The number of aromatic nitrogens is 2. The van der Waals surface area contributed by atoms with Crippen LogP contribution in [0.3, 0.4) is 0 Å². The fourth-order valence-corrected chi connectivity index (χ4v) is 1.98. The van der Waals surface area contributed by atoms with Crippen LogP contribution < -0.4 is 0 Å². The maximum Gasteiger partial charge on any atom is 0.123 e. The molecule has 0 radical (unpaired) electrons. The van der Waals surface area contributed by atoms with Crippen LogP contribution in [-0.4, -0.2) is 14.7 Å². The molecule has 3 nitrogen and oxygen atoms in total. The molecule has 1 heterocycles. The van der Waals surface area contributed by atoms with Gasteiger partial charge >= 0.3 is 0 Å². The minimum absolute atomic E-state index is 0.260. The van der Waals surface area contributed by atoms with Gasteiger partial charge in [-0.3, -0.25) is 0 Å². The van der Waals surface area contributed by atoms with Crippen LogP contribution >= 0.6 is 0 Å². The Morgan fingerprint density at radius 1 is 1.33 bits per heavy atom. The minimum atomic E-state index is -0.607. The van der Waals surface area contributed by atoms with E-state index in [1.165, 1.54) is 12.1 Å². The van der Waals surface area contributed by atoms with Gasteiger partial charge in [0.1, 0.15) is 5.82 Å². The third-order valence-electron chi connectivity index (χ3n) is 2.89. The second kappa shape index (κ2) is 5.78. The van der Waals surface area contributed by atoms with Gasteiger partial charge in [0.2, 0.25) is 0 Å². The Bertz CT molecular complexity index is 493. The summed E-state index contributed by atoms with van der Waals surface area (Å²) in [5.41, 5.74) is 1.72. The van der Waals surface area contributed by atoms with Gasteiger partial charge in [-0.15, -0.1) is 0 Å². The summed E-state index contributed by atoms with van der Waals surface area (Å²) in [5.74, 6) is -0.260. The molecule has 4 heteroatoms. The van der Waals surface area contributed by atoms with Crippen molar-refractivity contribution in [2.24, 2.45) is 0 Å². The number of imidazole rings is 1. The number of aliphatic hydroxyl groups is 1. The van der Waals surface area contributed by atoms with Crippen molar-refractivity contribution in [3.05, 3.63) is 53.9 Å². The quantitative estimate of drug-likeness (QED) is 0.883. The van der Waals surface area contributed by atoms with E-state index in [9.17, 15) is 9.50 Å². The van der Waals surface area contributed by atoms with E-state index in [0.29, 0.717) is 6.42 Å². The van der Waals surface area contributed by atoms with Crippen molar-refractivity contribution in [2.75, 3.05) is 0 Å². The Morgan fingerprint density at radius 2 is 2.06 bits per heavy atom. The lowest BCUT2D eigenvalue weighted by Gasteiger charge is -2.13. The number of rotatable bonds is 5. The van der Waals surface area contributed by atoms with Crippen LogP contribution in [-0.2, 0) is 13.0 Å². The first-order chi connectivity index (χ1) is 8.70. The number of hydrogen-bond acceptors (Lipinski definition) is 2. The topological polar surface area (TPSA) is 38.0 Å². The van der Waals surface area contributed by atoms with Crippen LogP contribution in [0.15, 0.2) is 36.8 Å². The van der Waals surface area contributed by atoms with E-state index in [1.807, 2.05) is 4.57 Å². The zero-order valence-corrected chi connectivity index (χ0v) is 10.4. The van der Waals surface area contributed by atoms with Crippen molar-refractivity contribution in [1.82, 2.24) is 9.55 Å². The van der Waals surface area contributed by atoms with Crippen LogP contribution in [0.25, 0.3) is 0 Å². The van der Waals surface area contributed by atoms with Crippen molar-refractivity contribution < 1.29 is 9.50 Å². The van der Waals surface area contributed by atoms with E-state index in [-0.39, 0.29) is 5.82 Å². The Labute approximate surface area is 106 Å². The SMILES string of the molecule is CCCn1cncc1C(O)Cc1ccc(F)cc1. The Kier molecular flexibility index (Phi) is 4.10. The Hall–Kier alpha value is -1.68. The largest absolute Gasteiger partial charge is 0.386 e. The number of aryl methyl sites for hydroxylation is 1. The summed E-state index contributed by atoms with van der Waals surface area (Å²) in [6.07, 6.45) is 4.27. The van der Waals surface area contributed by atoms with E-state index in [2.05, 4.69) is 11.9 Å². The van der Waals surface area contributed by atoms with Crippen LogP contribution in [0, 0.1) is 5.82 Å². The molecule has 0 aliphatic rings. The fraction of sp³-hybridized carbons (Fsp3) is 0.357. The average Bonchev–Trinajstić information content (AvgIpc) is 2.81. The summed E-state index contributed by atoms with van der Waals surface area (Å²) in [4.78, 5) is 4.06. The lowest BCUT2D eigenvalue weighted by molar-refractivity contribution is 0.168. The summed E-state index contributed by atoms with van der Waals surface area (Å²) >= 11 is 0. The standard InChI is InChI=1S/C14H17FN2O/c1-2-7-17-10-16-9-13(17)14(18)8-11-3-5-12(15)6-4-11/h3-6,9-10,14,18H,2,7-8H2,1H3. The van der Waals surface area contributed by atoms with Gasteiger partial charge in [0, 0.05) is 13.0 Å². The fourth-order valence-electron chi connectivity index (χ4n) is 1.98. The van der Waals surface area contributed by atoms with Crippen molar-refractivity contribution >= 4 is 0 Å². The highest BCUT2D eigenvalue weighted by atomic mass is 19.1. The maximum absolute atomic E-state index is 12.8. The van der Waals surface area contributed by atoms with Crippen LogP contribution in [0.4, 0.5) is 4.39 Å². The highest BCUT2D eigenvalue weighted by Gasteiger charge is 2.13. The smallest absolute Gasteiger partial charge is 0.123 e. The van der Waals surface area contributed by atoms with Gasteiger partial charge in [0.05, 0.1) is 24.3 Å². The summed E-state index contributed by atoms with van der Waals surface area (Å²) < 4.78 is 14.7. The first-order valence-electron chi connectivity index (χ1n) is 6.13. The molecule has 1 aromatic heterocycles. The third-order valence-corrected chi connectivity index (χ3v) is 2.89. The van der Waals surface area contributed by atoms with Crippen molar-refractivity contribution in [1.29, 1.82) is 0 Å². The number of aliphatic hydroxyl groups excluding tert-OH is 1. The molecule has 1 atom stereocenters. The zero-order chi connectivity index (χ0) is 13.0. The van der Waals surface area contributed by atoms with Gasteiger partial charge in [-0.2, -0.15) is 0 Å². The Morgan fingerprint density at radius 3 is 2.72 bits per heavy atom. The van der Waals surface area contributed by atoms with Crippen LogP contribution in [0.5, 0.6) is 0 Å². The average molecular weight is 248 g/mol. The van der Waals surface area contributed by atoms with Crippen LogP contribution in [0.2, 0.25) is 0 Å². The number of benzene rings is 1. The van der Waals surface area contributed by atoms with Gasteiger partial charge in [-0.1, -0.05) is 19.1 Å². The number of hydrogen-bond donors (Lipinski definition) is 1.